The summed E-state index contributed by atoms with van der Waals surface area (Å²) in [5, 5.41) is 7.34. The fourth-order valence-electron chi connectivity index (χ4n) is 3.33. The van der Waals surface area contributed by atoms with Crippen LogP contribution in [-0.2, 0) is 5.54 Å². The highest BCUT2D eigenvalue weighted by atomic mass is 35.5. The molecular formula is C16H19Cl2N5O2. The highest BCUT2D eigenvalue weighted by Crippen LogP contribution is 2.36. The van der Waals surface area contributed by atoms with E-state index in [0.29, 0.717) is 35.5 Å². The summed E-state index contributed by atoms with van der Waals surface area (Å²) < 4.78 is 5.41. The molecule has 4 rings (SSSR count). The molecular weight excluding hydrogens is 365 g/mol. The van der Waals surface area contributed by atoms with E-state index in [2.05, 4.69) is 15.5 Å². The molecule has 1 aromatic heterocycles. The first-order chi connectivity index (χ1) is 11.6. The number of aromatic nitrogens is 2. The second kappa shape index (κ2) is 6.82. The molecule has 2 heterocycles. The fraction of sp³-hybridized carbons (Fsp3) is 0.438. The van der Waals surface area contributed by atoms with Gasteiger partial charge in [0.2, 0.25) is 0 Å². The number of rotatable bonds is 3. The Morgan fingerprint density at radius 1 is 1.32 bits per heavy atom. The van der Waals surface area contributed by atoms with E-state index in [1.54, 1.807) is 23.1 Å². The Bertz CT molecular complexity index is 789. The van der Waals surface area contributed by atoms with Gasteiger partial charge in [-0.2, -0.15) is 4.98 Å². The summed E-state index contributed by atoms with van der Waals surface area (Å²) in [5.41, 5.74) is 7.23. The number of hydrogen-bond donors (Lipinski definition) is 2. The van der Waals surface area contributed by atoms with Crippen LogP contribution >= 0.6 is 24.0 Å². The minimum absolute atomic E-state index is 0. The zero-order chi connectivity index (χ0) is 16.7. The van der Waals surface area contributed by atoms with Crippen LogP contribution < -0.4 is 16.0 Å². The third-order valence-corrected chi connectivity index (χ3v) is 5.03. The zero-order valence-corrected chi connectivity index (χ0v) is 15.1. The van der Waals surface area contributed by atoms with Gasteiger partial charge in [-0.15, -0.1) is 12.4 Å². The molecule has 25 heavy (non-hydrogen) atoms. The Hall–Kier alpha value is -1.83. The average molecular weight is 384 g/mol. The first-order valence-corrected chi connectivity index (χ1v) is 8.43. The van der Waals surface area contributed by atoms with E-state index in [-0.39, 0.29) is 18.4 Å². The molecule has 9 heteroatoms. The Balaban J connectivity index is 0.00000182. The van der Waals surface area contributed by atoms with Crippen LogP contribution in [0.25, 0.3) is 11.5 Å². The van der Waals surface area contributed by atoms with Crippen molar-refractivity contribution in [2.24, 2.45) is 5.73 Å². The standard InChI is InChI=1S/C16H18ClN5O2.ClH/c17-11-4-3-10(9-12(11)22-8-7-19-15(22)23)13-20-14(21-24-13)16(18)5-1-2-6-16;/h3-4,9H,1-2,5-8,18H2,(H,19,23);1H. The number of nitrogens with two attached hydrogens (primary N) is 1. The fourth-order valence-corrected chi connectivity index (χ4v) is 3.55. The average Bonchev–Trinajstić information content (AvgIpc) is 3.29. The van der Waals surface area contributed by atoms with Gasteiger partial charge in [0.05, 0.1) is 16.2 Å². The number of hydrogen-bond acceptors (Lipinski definition) is 5. The van der Waals surface area contributed by atoms with Gasteiger partial charge in [-0.25, -0.2) is 4.79 Å². The molecule has 0 spiro atoms. The van der Waals surface area contributed by atoms with E-state index < -0.39 is 5.54 Å². The SMILES string of the molecule is Cl.NC1(c2noc(-c3ccc(Cl)c(N4CCNC4=O)c3)n2)CCCC1. The minimum atomic E-state index is -0.494. The molecule has 1 saturated carbocycles. The van der Waals surface area contributed by atoms with Gasteiger partial charge in [-0.05, 0) is 31.0 Å². The molecule has 3 N–H and O–H groups in total. The predicted octanol–water partition coefficient (Wildman–Crippen LogP) is 3.07. The van der Waals surface area contributed by atoms with Crippen LogP contribution in [-0.4, -0.2) is 29.3 Å². The lowest BCUT2D eigenvalue weighted by Crippen LogP contribution is -2.34. The molecule has 0 atom stereocenters. The highest BCUT2D eigenvalue weighted by Gasteiger charge is 2.36. The van der Waals surface area contributed by atoms with Crippen molar-refractivity contribution in [3.05, 3.63) is 29.0 Å². The minimum Gasteiger partial charge on any atom is -0.336 e. The van der Waals surface area contributed by atoms with E-state index >= 15 is 0 Å². The summed E-state index contributed by atoms with van der Waals surface area (Å²) in [6.07, 6.45) is 3.89. The van der Waals surface area contributed by atoms with E-state index in [1.165, 1.54) is 0 Å². The van der Waals surface area contributed by atoms with Gasteiger partial charge in [0.15, 0.2) is 5.82 Å². The van der Waals surface area contributed by atoms with Gasteiger partial charge in [0.25, 0.3) is 5.89 Å². The van der Waals surface area contributed by atoms with Gasteiger partial charge in [0, 0.05) is 18.7 Å². The lowest BCUT2D eigenvalue weighted by Gasteiger charge is -2.17. The van der Waals surface area contributed by atoms with Crippen LogP contribution in [0.4, 0.5) is 10.5 Å². The summed E-state index contributed by atoms with van der Waals surface area (Å²) in [6, 6.07) is 5.17. The smallest absolute Gasteiger partial charge is 0.322 e. The summed E-state index contributed by atoms with van der Waals surface area (Å²) in [6.45, 7) is 1.17. The largest absolute Gasteiger partial charge is 0.336 e. The second-order valence-electron chi connectivity index (χ2n) is 6.34. The topological polar surface area (TPSA) is 97.3 Å². The monoisotopic (exact) mass is 383 g/mol. The van der Waals surface area contributed by atoms with Gasteiger partial charge in [-0.3, -0.25) is 4.90 Å². The van der Waals surface area contributed by atoms with E-state index in [0.717, 1.165) is 31.2 Å². The maximum Gasteiger partial charge on any atom is 0.322 e. The van der Waals surface area contributed by atoms with Crippen molar-refractivity contribution >= 4 is 35.7 Å². The molecule has 0 radical (unpaired) electrons. The Morgan fingerprint density at radius 2 is 2.08 bits per heavy atom. The molecule has 7 nitrogen and oxygen atoms in total. The predicted molar refractivity (Wildman–Crippen MR) is 97.1 cm³/mol. The molecule has 0 bridgehead atoms. The first kappa shape index (κ1) is 18.0. The summed E-state index contributed by atoms with van der Waals surface area (Å²) in [4.78, 5) is 18.0. The van der Waals surface area contributed by atoms with Crippen LogP contribution in [0.15, 0.2) is 22.7 Å². The summed E-state index contributed by atoms with van der Waals surface area (Å²) in [7, 11) is 0. The lowest BCUT2D eigenvalue weighted by atomic mass is 9.99. The molecule has 134 valence electrons. The van der Waals surface area contributed by atoms with Crippen LogP contribution in [0, 0.1) is 0 Å². The van der Waals surface area contributed by atoms with Crippen molar-refractivity contribution in [3.8, 4) is 11.5 Å². The van der Waals surface area contributed by atoms with Gasteiger partial charge in [0.1, 0.15) is 0 Å². The number of nitrogens with zero attached hydrogens (tertiary/aromatic N) is 3. The molecule has 2 amide bonds. The first-order valence-electron chi connectivity index (χ1n) is 8.05. The van der Waals surface area contributed by atoms with E-state index in [4.69, 9.17) is 21.9 Å². The third-order valence-electron chi connectivity index (χ3n) is 4.71. The number of nitrogens with one attached hydrogen (secondary N) is 1. The molecule has 0 unspecified atom stereocenters. The van der Waals surface area contributed by atoms with Crippen molar-refractivity contribution in [2.75, 3.05) is 18.0 Å². The molecule has 2 aromatic rings. The number of anilines is 1. The second-order valence-corrected chi connectivity index (χ2v) is 6.74. The van der Waals surface area contributed by atoms with Gasteiger partial charge >= 0.3 is 6.03 Å². The summed E-state index contributed by atoms with van der Waals surface area (Å²) in [5.74, 6) is 0.935. The van der Waals surface area contributed by atoms with Crippen molar-refractivity contribution in [1.82, 2.24) is 15.5 Å². The van der Waals surface area contributed by atoms with E-state index in [9.17, 15) is 4.79 Å². The Morgan fingerprint density at radius 3 is 2.76 bits per heavy atom. The quantitative estimate of drug-likeness (QED) is 0.848. The molecule has 1 saturated heterocycles. The van der Waals surface area contributed by atoms with E-state index in [1.807, 2.05) is 0 Å². The molecule has 2 fully saturated rings. The van der Waals surface area contributed by atoms with Gasteiger partial charge in [-0.1, -0.05) is 29.6 Å². The normalized spacial score (nSPS) is 19.0. The number of benzene rings is 1. The zero-order valence-electron chi connectivity index (χ0n) is 13.5. The number of carbonyl (C=O) groups is 1. The maximum atomic E-state index is 11.9. The van der Waals surface area contributed by atoms with Crippen molar-refractivity contribution < 1.29 is 9.32 Å². The van der Waals surface area contributed by atoms with Crippen LogP contribution in [0.3, 0.4) is 0 Å². The number of urea groups is 1. The van der Waals surface area contributed by atoms with Crippen LogP contribution in [0.1, 0.15) is 31.5 Å². The number of carbonyl (C=O) groups excluding carboxylic acids is 1. The summed E-state index contributed by atoms with van der Waals surface area (Å²) >= 11 is 6.25. The lowest BCUT2D eigenvalue weighted by molar-refractivity contribution is 0.252. The highest BCUT2D eigenvalue weighted by molar-refractivity contribution is 6.34. The molecule has 2 aliphatic rings. The van der Waals surface area contributed by atoms with Crippen molar-refractivity contribution in [2.45, 2.75) is 31.2 Å². The third kappa shape index (κ3) is 3.19. The van der Waals surface area contributed by atoms with Gasteiger partial charge < -0.3 is 15.6 Å². The number of amides is 2. The molecule has 1 aromatic carbocycles. The van der Waals surface area contributed by atoms with Crippen molar-refractivity contribution in [3.63, 3.8) is 0 Å². The number of halogens is 2. The maximum absolute atomic E-state index is 11.9. The molecule has 1 aliphatic heterocycles. The Labute approximate surface area is 156 Å². The van der Waals surface area contributed by atoms with Crippen LogP contribution in [0.2, 0.25) is 5.02 Å². The van der Waals surface area contributed by atoms with Crippen LogP contribution in [0.5, 0.6) is 0 Å². The molecule has 1 aliphatic carbocycles. The van der Waals surface area contributed by atoms with Crippen molar-refractivity contribution in [1.29, 1.82) is 0 Å². The Kier molecular flexibility index (Phi) is 4.90.